The summed E-state index contributed by atoms with van der Waals surface area (Å²) in [5, 5.41) is 6.52. The van der Waals surface area contributed by atoms with Gasteiger partial charge in [0.15, 0.2) is 0 Å². The molecule has 2 heterocycles. The van der Waals surface area contributed by atoms with Crippen LogP contribution in [0.15, 0.2) is 15.9 Å². The van der Waals surface area contributed by atoms with Gasteiger partial charge in [-0.15, -0.1) is 11.3 Å². The topological polar surface area (TPSA) is 43.8 Å². The van der Waals surface area contributed by atoms with Crippen LogP contribution in [0.2, 0.25) is 0 Å². The van der Waals surface area contributed by atoms with E-state index in [4.69, 9.17) is 5.73 Å². The Morgan fingerprint density at radius 2 is 2.17 bits per heavy atom. The van der Waals surface area contributed by atoms with Gasteiger partial charge in [0.1, 0.15) is 0 Å². The Bertz CT molecular complexity index is 544. The monoisotopic (exact) mass is 327 g/mol. The molecule has 0 saturated heterocycles. The van der Waals surface area contributed by atoms with Crippen LogP contribution in [-0.4, -0.2) is 15.8 Å². The third-order valence-corrected chi connectivity index (χ3v) is 5.21. The molecule has 0 aliphatic rings. The lowest BCUT2D eigenvalue weighted by molar-refractivity contribution is 0.663. The van der Waals surface area contributed by atoms with Crippen molar-refractivity contribution in [2.24, 2.45) is 12.8 Å². The van der Waals surface area contributed by atoms with E-state index in [9.17, 15) is 0 Å². The Balaban J connectivity index is 2.07. The maximum Gasteiger partial charge on any atom is 0.0628 e. The largest absolute Gasteiger partial charge is 0.327 e. The fraction of sp³-hybridized carbons (Fsp3) is 0.462. The third-order valence-electron chi connectivity index (χ3n) is 3.26. The molecule has 0 saturated carbocycles. The molecule has 2 aromatic rings. The van der Waals surface area contributed by atoms with Crippen LogP contribution in [0.4, 0.5) is 0 Å². The predicted octanol–water partition coefficient (Wildman–Crippen LogP) is 2.97. The molecule has 2 aromatic heterocycles. The first kappa shape index (κ1) is 13.8. The highest BCUT2D eigenvalue weighted by molar-refractivity contribution is 9.10. The van der Waals surface area contributed by atoms with Gasteiger partial charge in [0, 0.05) is 28.1 Å². The Labute approximate surface area is 120 Å². The highest BCUT2D eigenvalue weighted by atomic mass is 79.9. The molecule has 0 fully saturated rings. The van der Waals surface area contributed by atoms with E-state index in [0.29, 0.717) is 0 Å². The first-order valence-electron chi connectivity index (χ1n) is 5.95. The normalized spacial score (nSPS) is 12.9. The van der Waals surface area contributed by atoms with Crippen molar-refractivity contribution >= 4 is 27.3 Å². The van der Waals surface area contributed by atoms with E-state index in [0.717, 1.165) is 18.5 Å². The highest BCUT2D eigenvalue weighted by Gasteiger charge is 2.15. The maximum absolute atomic E-state index is 6.26. The van der Waals surface area contributed by atoms with Gasteiger partial charge in [0.25, 0.3) is 0 Å². The molecule has 0 bridgehead atoms. The van der Waals surface area contributed by atoms with Crippen molar-refractivity contribution in [3.63, 3.8) is 0 Å². The van der Waals surface area contributed by atoms with Crippen molar-refractivity contribution < 1.29 is 0 Å². The number of thiophene rings is 1. The van der Waals surface area contributed by atoms with Gasteiger partial charge in [-0.2, -0.15) is 5.10 Å². The summed E-state index contributed by atoms with van der Waals surface area (Å²) in [5.41, 5.74) is 9.86. The summed E-state index contributed by atoms with van der Waals surface area (Å²) >= 11 is 5.31. The Kier molecular flexibility index (Phi) is 4.25. The summed E-state index contributed by atoms with van der Waals surface area (Å²) in [4.78, 5) is 1.32. The first-order chi connectivity index (χ1) is 8.49. The smallest absolute Gasteiger partial charge is 0.0628 e. The zero-order valence-electron chi connectivity index (χ0n) is 10.9. The number of nitrogens with zero attached hydrogens (tertiary/aromatic N) is 2. The molecule has 5 heteroatoms. The summed E-state index contributed by atoms with van der Waals surface area (Å²) in [6.45, 7) is 4.15. The van der Waals surface area contributed by atoms with Crippen LogP contribution in [0.3, 0.4) is 0 Å². The first-order valence-corrected chi connectivity index (χ1v) is 7.62. The lowest BCUT2D eigenvalue weighted by atomic mass is 10.0. The second-order valence-corrected chi connectivity index (χ2v) is 6.49. The third kappa shape index (κ3) is 2.84. The molecule has 1 atom stereocenters. The number of rotatable bonds is 4. The van der Waals surface area contributed by atoms with Gasteiger partial charge in [0.05, 0.1) is 5.69 Å². The molecule has 0 spiro atoms. The van der Waals surface area contributed by atoms with E-state index in [1.807, 2.05) is 11.7 Å². The van der Waals surface area contributed by atoms with Crippen molar-refractivity contribution in [2.75, 3.05) is 0 Å². The summed E-state index contributed by atoms with van der Waals surface area (Å²) in [6, 6.07) is 2.22. The predicted molar refractivity (Wildman–Crippen MR) is 80.1 cm³/mol. The minimum Gasteiger partial charge on any atom is -0.327 e. The van der Waals surface area contributed by atoms with Crippen molar-refractivity contribution in [1.82, 2.24) is 9.78 Å². The lowest BCUT2D eigenvalue weighted by Crippen LogP contribution is -2.25. The van der Waals surface area contributed by atoms with Crippen LogP contribution in [-0.2, 0) is 19.9 Å². The molecule has 0 amide bonds. The molecular weight excluding hydrogens is 310 g/mol. The number of halogens is 1. The van der Waals surface area contributed by atoms with E-state index in [-0.39, 0.29) is 6.04 Å². The molecular formula is C13H18BrN3S. The molecule has 0 aliphatic heterocycles. The maximum atomic E-state index is 6.26. The average molecular weight is 328 g/mol. The fourth-order valence-corrected chi connectivity index (χ4v) is 3.76. The zero-order chi connectivity index (χ0) is 13.3. The van der Waals surface area contributed by atoms with Crippen molar-refractivity contribution in [2.45, 2.75) is 32.7 Å². The number of aromatic nitrogens is 2. The molecule has 0 aliphatic carbocycles. The van der Waals surface area contributed by atoms with Crippen LogP contribution in [0.25, 0.3) is 0 Å². The van der Waals surface area contributed by atoms with Gasteiger partial charge in [-0.25, -0.2) is 0 Å². The van der Waals surface area contributed by atoms with Crippen LogP contribution in [0.5, 0.6) is 0 Å². The summed E-state index contributed by atoms with van der Waals surface area (Å²) in [5.74, 6) is 0. The van der Waals surface area contributed by atoms with Crippen molar-refractivity contribution in [3.05, 3.63) is 37.7 Å². The number of hydrogen-bond acceptors (Lipinski definition) is 3. The van der Waals surface area contributed by atoms with Gasteiger partial charge >= 0.3 is 0 Å². The van der Waals surface area contributed by atoms with Crippen LogP contribution in [0, 0.1) is 13.8 Å². The zero-order valence-corrected chi connectivity index (χ0v) is 13.3. The van der Waals surface area contributed by atoms with Crippen LogP contribution < -0.4 is 5.73 Å². The number of aryl methyl sites for hydroxylation is 2. The second kappa shape index (κ2) is 5.55. The van der Waals surface area contributed by atoms with Crippen molar-refractivity contribution in [3.8, 4) is 0 Å². The minimum absolute atomic E-state index is 0.140. The number of nitrogens with two attached hydrogens (primary N) is 1. The quantitative estimate of drug-likeness (QED) is 0.938. The summed E-state index contributed by atoms with van der Waals surface area (Å²) < 4.78 is 3.10. The second-order valence-electron chi connectivity index (χ2n) is 4.63. The molecule has 18 heavy (non-hydrogen) atoms. The fourth-order valence-electron chi connectivity index (χ4n) is 2.16. The van der Waals surface area contributed by atoms with E-state index >= 15 is 0 Å². The lowest BCUT2D eigenvalue weighted by Gasteiger charge is -2.11. The summed E-state index contributed by atoms with van der Waals surface area (Å²) in [6.07, 6.45) is 1.79. The Morgan fingerprint density at radius 1 is 1.44 bits per heavy atom. The van der Waals surface area contributed by atoms with E-state index in [2.05, 4.69) is 46.3 Å². The standard InChI is InChI=1S/C13H18BrN3S/c1-8-11(9(2)17(3)16-8)6-10(15)7-13-12(14)4-5-18-13/h4-5,10H,6-7,15H2,1-3H3. The molecule has 0 radical (unpaired) electrons. The van der Waals surface area contributed by atoms with Crippen LogP contribution in [0.1, 0.15) is 21.8 Å². The number of hydrogen-bond donors (Lipinski definition) is 1. The Hall–Kier alpha value is -0.650. The van der Waals surface area contributed by atoms with E-state index < -0.39 is 0 Å². The van der Waals surface area contributed by atoms with Gasteiger partial charge in [0.2, 0.25) is 0 Å². The van der Waals surface area contributed by atoms with Gasteiger partial charge in [-0.05, 0) is 59.6 Å². The molecule has 2 rings (SSSR count). The van der Waals surface area contributed by atoms with E-state index in [1.165, 1.54) is 20.6 Å². The molecule has 3 nitrogen and oxygen atoms in total. The van der Waals surface area contributed by atoms with E-state index in [1.54, 1.807) is 11.3 Å². The summed E-state index contributed by atoms with van der Waals surface area (Å²) in [7, 11) is 1.98. The van der Waals surface area contributed by atoms with Gasteiger partial charge < -0.3 is 5.73 Å². The SMILES string of the molecule is Cc1nn(C)c(C)c1CC(N)Cc1sccc1Br. The van der Waals surface area contributed by atoms with Crippen molar-refractivity contribution in [1.29, 1.82) is 0 Å². The molecule has 0 aromatic carbocycles. The van der Waals surface area contributed by atoms with Gasteiger partial charge in [-0.1, -0.05) is 0 Å². The highest BCUT2D eigenvalue weighted by Crippen LogP contribution is 2.24. The average Bonchev–Trinajstić information content (AvgIpc) is 2.79. The van der Waals surface area contributed by atoms with Gasteiger partial charge in [-0.3, -0.25) is 4.68 Å². The molecule has 2 N–H and O–H groups in total. The Morgan fingerprint density at radius 3 is 2.67 bits per heavy atom. The molecule has 1 unspecified atom stereocenters. The minimum atomic E-state index is 0.140. The van der Waals surface area contributed by atoms with Crippen LogP contribution >= 0.6 is 27.3 Å². The molecule has 98 valence electrons.